The van der Waals surface area contributed by atoms with E-state index in [1.54, 1.807) is 17.5 Å². The van der Waals surface area contributed by atoms with E-state index in [4.69, 9.17) is 4.74 Å². The van der Waals surface area contributed by atoms with Crippen molar-refractivity contribution in [1.29, 1.82) is 0 Å². The van der Waals surface area contributed by atoms with Crippen LogP contribution in [0, 0.1) is 5.92 Å². The summed E-state index contributed by atoms with van der Waals surface area (Å²) < 4.78 is 32.7. The lowest BCUT2D eigenvalue weighted by molar-refractivity contribution is -0.127. The number of rotatable bonds is 4. The van der Waals surface area contributed by atoms with Crippen LogP contribution in [-0.2, 0) is 14.8 Å². The van der Waals surface area contributed by atoms with Crippen molar-refractivity contribution in [2.75, 3.05) is 19.7 Å². The van der Waals surface area contributed by atoms with Crippen molar-refractivity contribution in [2.24, 2.45) is 5.92 Å². The summed E-state index contributed by atoms with van der Waals surface area (Å²) >= 11 is 1.23. The minimum Gasteiger partial charge on any atom is -0.493 e. The molecule has 144 valence electrons. The monoisotopic (exact) mass is 406 g/mol. The number of piperidine rings is 1. The molecule has 27 heavy (non-hydrogen) atoms. The average molecular weight is 407 g/mol. The summed E-state index contributed by atoms with van der Waals surface area (Å²) in [5, 5.41) is 4.90. The number of benzene rings is 1. The molecule has 1 amide bonds. The van der Waals surface area contributed by atoms with Crippen LogP contribution in [0.2, 0.25) is 0 Å². The van der Waals surface area contributed by atoms with Gasteiger partial charge in [0.25, 0.3) is 10.0 Å². The fourth-order valence-electron chi connectivity index (χ4n) is 3.68. The molecule has 2 aliphatic heterocycles. The van der Waals surface area contributed by atoms with Crippen LogP contribution in [0.5, 0.6) is 5.75 Å². The molecule has 2 aromatic rings. The highest BCUT2D eigenvalue weighted by atomic mass is 32.2. The normalized spacial score (nSPS) is 21.3. The number of amides is 1. The van der Waals surface area contributed by atoms with Crippen molar-refractivity contribution in [3.63, 3.8) is 0 Å². The van der Waals surface area contributed by atoms with Crippen LogP contribution >= 0.6 is 11.3 Å². The Labute approximate surface area is 163 Å². The standard InChI is InChI=1S/C19H22N2O4S2/c22-19(20-16-9-12-25-17-5-2-1-4-15(16)17)14-7-10-21(11-8-14)27(23,24)18-6-3-13-26-18/h1-6,13-14,16H,7-12H2,(H,20,22)/t16-/m0/s1. The van der Waals surface area contributed by atoms with E-state index in [-0.39, 0.29) is 17.9 Å². The topological polar surface area (TPSA) is 75.7 Å². The smallest absolute Gasteiger partial charge is 0.252 e. The summed E-state index contributed by atoms with van der Waals surface area (Å²) in [6.07, 6.45) is 1.83. The maximum absolute atomic E-state index is 12.7. The molecule has 1 fully saturated rings. The zero-order chi connectivity index (χ0) is 18.9. The van der Waals surface area contributed by atoms with E-state index >= 15 is 0 Å². The number of thiophene rings is 1. The van der Waals surface area contributed by atoms with Gasteiger partial charge in [-0.05, 0) is 30.4 Å². The maximum Gasteiger partial charge on any atom is 0.252 e. The molecule has 8 heteroatoms. The van der Waals surface area contributed by atoms with Gasteiger partial charge in [0.05, 0.1) is 12.6 Å². The van der Waals surface area contributed by atoms with Crippen molar-refractivity contribution >= 4 is 27.3 Å². The molecule has 0 aliphatic carbocycles. The fourth-order valence-corrected chi connectivity index (χ4v) is 6.29. The molecular weight excluding hydrogens is 384 g/mol. The molecule has 1 aromatic heterocycles. The second-order valence-electron chi connectivity index (χ2n) is 6.85. The van der Waals surface area contributed by atoms with Gasteiger partial charge in [0.15, 0.2) is 0 Å². The molecule has 1 saturated heterocycles. The van der Waals surface area contributed by atoms with Crippen molar-refractivity contribution in [2.45, 2.75) is 29.5 Å². The number of hydrogen-bond acceptors (Lipinski definition) is 5. The van der Waals surface area contributed by atoms with Gasteiger partial charge < -0.3 is 10.1 Å². The van der Waals surface area contributed by atoms with E-state index in [0.29, 0.717) is 36.7 Å². The molecule has 3 heterocycles. The van der Waals surface area contributed by atoms with Crippen molar-refractivity contribution in [1.82, 2.24) is 9.62 Å². The second kappa shape index (κ2) is 7.61. The Hall–Kier alpha value is -1.90. The number of sulfonamides is 1. The van der Waals surface area contributed by atoms with Gasteiger partial charge in [-0.1, -0.05) is 24.3 Å². The average Bonchev–Trinajstić information content (AvgIpc) is 3.24. The molecular formula is C19H22N2O4S2. The third kappa shape index (κ3) is 3.74. The molecule has 6 nitrogen and oxygen atoms in total. The van der Waals surface area contributed by atoms with Gasteiger partial charge in [0, 0.05) is 31.0 Å². The first-order valence-electron chi connectivity index (χ1n) is 9.11. The van der Waals surface area contributed by atoms with Crippen molar-refractivity contribution in [3.05, 3.63) is 47.3 Å². The van der Waals surface area contributed by atoms with Gasteiger partial charge in [0.2, 0.25) is 5.91 Å². The Morgan fingerprint density at radius 1 is 1.11 bits per heavy atom. The highest BCUT2D eigenvalue weighted by molar-refractivity contribution is 7.91. The predicted octanol–water partition coefficient (Wildman–Crippen LogP) is 2.79. The fraction of sp³-hybridized carbons (Fsp3) is 0.421. The Balaban J connectivity index is 1.37. The number of nitrogens with one attached hydrogen (secondary N) is 1. The third-order valence-electron chi connectivity index (χ3n) is 5.19. The number of ether oxygens (including phenoxy) is 1. The lowest BCUT2D eigenvalue weighted by Crippen LogP contribution is -2.44. The largest absolute Gasteiger partial charge is 0.493 e. The summed E-state index contributed by atoms with van der Waals surface area (Å²) in [5.74, 6) is 0.672. The molecule has 1 N–H and O–H groups in total. The molecule has 0 radical (unpaired) electrons. The number of para-hydroxylation sites is 1. The van der Waals surface area contributed by atoms with Crippen LogP contribution in [0.15, 0.2) is 46.0 Å². The Kier molecular flexibility index (Phi) is 5.21. The van der Waals surface area contributed by atoms with Crippen LogP contribution < -0.4 is 10.1 Å². The third-order valence-corrected chi connectivity index (χ3v) is 8.46. The molecule has 0 saturated carbocycles. The lowest BCUT2D eigenvalue weighted by Gasteiger charge is -2.32. The molecule has 2 aliphatic rings. The maximum atomic E-state index is 12.7. The number of nitrogens with zero attached hydrogens (tertiary/aromatic N) is 1. The Morgan fingerprint density at radius 2 is 1.89 bits per heavy atom. The molecule has 0 unspecified atom stereocenters. The van der Waals surface area contributed by atoms with Gasteiger partial charge >= 0.3 is 0 Å². The predicted molar refractivity (Wildman–Crippen MR) is 103 cm³/mol. The van der Waals surface area contributed by atoms with Crippen LogP contribution in [0.25, 0.3) is 0 Å². The van der Waals surface area contributed by atoms with E-state index in [1.807, 2.05) is 24.3 Å². The number of carbonyl (C=O) groups is 1. The highest BCUT2D eigenvalue weighted by Gasteiger charge is 2.33. The van der Waals surface area contributed by atoms with Gasteiger partial charge in [-0.3, -0.25) is 4.79 Å². The summed E-state index contributed by atoms with van der Waals surface area (Å²) in [6.45, 7) is 1.34. The number of carbonyl (C=O) groups excluding carboxylic acids is 1. The van der Waals surface area contributed by atoms with Gasteiger partial charge in [-0.25, -0.2) is 8.42 Å². The first-order chi connectivity index (χ1) is 13.1. The van der Waals surface area contributed by atoms with E-state index in [1.165, 1.54) is 15.6 Å². The SMILES string of the molecule is O=C(N[C@H]1CCOc2ccccc21)C1CCN(S(=O)(=O)c2cccs2)CC1. The molecule has 1 atom stereocenters. The summed E-state index contributed by atoms with van der Waals surface area (Å²) in [7, 11) is -3.43. The van der Waals surface area contributed by atoms with Crippen molar-refractivity contribution in [3.8, 4) is 5.75 Å². The van der Waals surface area contributed by atoms with E-state index in [0.717, 1.165) is 17.7 Å². The minimum absolute atomic E-state index is 0.00451. The summed E-state index contributed by atoms with van der Waals surface area (Å²) in [4.78, 5) is 12.7. The summed E-state index contributed by atoms with van der Waals surface area (Å²) in [6, 6.07) is 11.1. The first-order valence-corrected chi connectivity index (χ1v) is 11.4. The minimum atomic E-state index is -3.43. The molecule has 0 spiro atoms. The van der Waals surface area contributed by atoms with Crippen LogP contribution in [0.1, 0.15) is 30.9 Å². The Morgan fingerprint density at radius 3 is 2.63 bits per heavy atom. The summed E-state index contributed by atoms with van der Waals surface area (Å²) in [5.41, 5.74) is 1.01. The lowest BCUT2D eigenvalue weighted by atomic mass is 9.95. The number of hydrogen-bond donors (Lipinski definition) is 1. The highest BCUT2D eigenvalue weighted by Crippen LogP contribution is 2.32. The van der Waals surface area contributed by atoms with Gasteiger partial charge in [-0.2, -0.15) is 4.31 Å². The number of fused-ring (bicyclic) bond motifs is 1. The van der Waals surface area contributed by atoms with Crippen molar-refractivity contribution < 1.29 is 17.9 Å². The molecule has 0 bridgehead atoms. The van der Waals surface area contributed by atoms with Crippen LogP contribution in [0.3, 0.4) is 0 Å². The molecule has 1 aromatic carbocycles. The van der Waals surface area contributed by atoms with Crippen LogP contribution in [-0.4, -0.2) is 38.3 Å². The van der Waals surface area contributed by atoms with E-state index in [2.05, 4.69) is 5.32 Å². The van der Waals surface area contributed by atoms with Gasteiger partial charge in [-0.15, -0.1) is 11.3 Å². The zero-order valence-electron chi connectivity index (χ0n) is 14.8. The second-order valence-corrected chi connectivity index (χ2v) is 9.96. The Bertz CT molecular complexity index is 904. The van der Waals surface area contributed by atoms with Gasteiger partial charge in [0.1, 0.15) is 9.96 Å². The first kappa shape index (κ1) is 18.5. The quantitative estimate of drug-likeness (QED) is 0.847. The van der Waals surface area contributed by atoms with E-state index < -0.39 is 10.0 Å². The molecule has 4 rings (SSSR count). The van der Waals surface area contributed by atoms with Crippen LogP contribution in [0.4, 0.5) is 0 Å². The zero-order valence-corrected chi connectivity index (χ0v) is 16.5. The van der Waals surface area contributed by atoms with E-state index in [9.17, 15) is 13.2 Å².